The summed E-state index contributed by atoms with van der Waals surface area (Å²) in [6.07, 6.45) is 5.10. The molecule has 1 aliphatic rings. The highest BCUT2D eigenvalue weighted by Crippen LogP contribution is 2.28. The SMILES string of the molecule is CN1CCO[C@@H](CNc2ncc(C#N)cc2Cl)[C@@H]1c1cncn1C. The van der Waals surface area contributed by atoms with E-state index in [0.29, 0.717) is 29.6 Å². The highest BCUT2D eigenvalue weighted by Gasteiger charge is 2.33. The monoisotopic (exact) mass is 346 g/mol. The number of hydrogen-bond donors (Lipinski definition) is 1. The number of rotatable bonds is 4. The van der Waals surface area contributed by atoms with Crippen LogP contribution < -0.4 is 5.32 Å². The predicted molar refractivity (Wildman–Crippen MR) is 90.8 cm³/mol. The Balaban J connectivity index is 1.75. The van der Waals surface area contributed by atoms with Gasteiger partial charge in [0.1, 0.15) is 11.9 Å². The lowest BCUT2D eigenvalue weighted by molar-refractivity contribution is -0.0578. The minimum absolute atomic E-state index is 0.0624. The lowest BCUT2D eigenvalue weighted by Gasteiger charge is -2.39. The number of imidazole rings is 1. The van der Waals surface area contributed by atoms with Gasteiger partial charge in [0.2, 0.25) is 0 Å². The van der Waals surface area contributed by atoms with Crippen molar-refractivity contribution in [1.29, 1.82) is 5.26 Å². The average Bonchev–Trinajstić information content (AvgIpc) is 2.99. The van der Waals surface area contributed by atoms with E-state index in [2.05, 4.69) is 27.2 Å². The lowest BCUT2D eigenvalue weighted by Crippen LogP contribution is -2.46. The molecule has 3 rings (SSSR count). The molecule has 1 N–H and O–H groups in total. The van der Waals surface area contributed by atoms with E-state index >= 15 is 0 Å². The second kappa shape index (κ2) is 7.18. The van der Waals surface area contributed by atoms with Gasteiger partial charge in [-0.3, -0.25) is 4.90 Å². The number of pyridine rings is 1. The van der Waals surface area contributed by atoms with E-state index in [1.807, 2.05) is 23.9 Å². The molecule has 7 nitrogen and oxygen atoms in total. The highest BCUT2D eigenvalue weighted by atomic mass is 35.5. The molecule has 0 spiro atoms. The number of nitriles is 1. The first-order chi connectivity index (χ1) is 11.6. The third-order valence-corrected chi connectivity index (χ3v) is 4.49. The van der Waals surface area contributed by atoms with Gasteiger partial charge in [-0.1, -0.05) is 11.6 Å². The van der Waals surface area contributed by atoms with Crippen LogP contribution in [0.15, 0.2) is 24.8 Å². The van der Waals surface area contributed by atoms with Crippen molar-refractivity contribution >= 4 is 17.4 Å². The molecule has 8 heteroatoms. The van der Waals surface area contributed by atoms with Crippen LogP contribution in [0.1, 0.15) is 17.3 Å². The first-order valence-electron chi connectivity index (χ1n) is 7.67. The van der Waals surface area contributed by atoms with Crippen molar-refractivity contribution in [1.82, 2.24) is 19.4 Å². The molecule has 126 valence electrons. The number of hydrogen-bond acceptors (Lipinski definition) is 6. The Morgan fingerprint density at radius 1 is 1.46 bits per heavy atom. The smallest absolute Gasteiger partial charge is 0.144 e. The van der Waals surface area contributed by atoms with Gasteiger partial charge in [0.25, 0.3) is 0 Å². The third kappa shape index (κ3) is 3.36. The molecule has 2 atom stereocenters. The summed E-state index contributed by atoms with van der Waals surface area (Å²) in [7, 11) is 4.06. The largest absolute Gasteiger partial charge is 0.373 e. The second-order valence-corrected chi connectivity index (χ2v) is 6.22. The molecule has 0 saturated carbocycles. The summed E-state index contributed by atoms with van der Waals surface area (Å²) in [6.45, 7) is 2.09. The third-order valence-electron chi connectivity index (χ3n) is 4.20. The standard InChI is InChI=1S/C16H19ClN6O/c1-22-3-4-24-14(15(22)13-8-19-10-23(13)2)9-21-16-12(17)5-11(6-18)7-20-16/h5,7-8,10,14-15H,3-4,9H2,1-2H3,(H,20,21)/t14-,15-/m0/s1. The Labute approximate surface area is 145 Å². The van der Waals surface area contributed by atoms with E-state index in [1.54, 1.807) is 12.4 Å². The lowest BCUT2D eigenvalue weighted by atomic mass is 10.0. The summed E-state index contributed by atoms with van der Waals surface area (Å²) >= 11 is 6.17. The van der Waals surface area contributed by atoms with Crippen LogP contribution in [0.5, 0.6) is 0 Å². The normalized spacial score (nSPS) is 21.4. The summed E-state index contributed by atoms with van der Waals surface area (Å²) in [5.41, 5.74) is 1.54. The molecular formula is C16H19ClN6O. The van der Waals surface area contributed by atoms with Gasteiger partial charge >= 0.3 is 0 Å². The Hall–Kier alpha value is -2.14. The van der Waals surface area contributed by atoms with E-state index in [1.165, 1.54) is 6.20 Å². The molecule has 0 amide bonds. The minimum Gasteiger partial charge on any atom is -0.373 e. The summed E-state index contributed by atoms with van der Waals surface area (Å²) < 4.78 is 7.99. The quantitative estimate of drug-likeness (QED) is 0.909. The Morgan fingerprint density at radius 3 is 2.96 bits per heavy atom. The van der Waals surface area contributed by atoms with Crippen LogP contribution in [0.25, 0.3) is 0 Å². The zero-order valence-electron chi connectivity index (χ0n) is 13.6. The molecule has 1 aliphatic heterocycles. The predicted octanol–water partition coefficient (Wildman–Crippen LogP) is 1.82. The molecule has 1 fully saturated rings. The van der Waals surface area contributed by atoms with Crippen LogP contribution in [0, 0.1) is 11.3 Å². The second-order valence-electron chi connectivity index (χ2n) is 5.81. The van der Waals surface area contributed by atoms with Gasteiger partial charge in [-0.05, 0) is 13.1 Å². The number of nitrogens with zero attached hydrogens (tertiary/aromatic N) is 5. The van der Waals surface area contributed by atoms with Crippen LogP contribution >= 0.6 is 11.6 Å². The van der Waals surface area contributed by atoms with Crippen molar-refractivity contribution in [3.63, 3.8) is 0 Å². The van der Waals surface area contributed by atoms with Crippen molar-refractivity contribution in [2.75, 3.05) is 32.1 Å². The number of morpholine rings is 1. The molecular weight excluding hydrogens is 328 g/mol. The van der Waals surface area contributed by atoms with Crippen molar-refractivity contribution in [2.45, 2.75) is 12.1 Å². The summed E-state index contributed by atoms with van der Waals surface area (Å²) in [5, 5.41) is 12.5. The van der Waals surface area contributed by atoms with E-state index in [-0.39, 0.29) is 12.1 Å². The Kier molecular flexibility index (Phi) is 5.00. The topological polar surface area (TPSA) is 79.0 Å². The fraction of sp³-hybridized carbons (Fsp3) is 0.438. The van der Waals surface area contributed by atoms with E-state index < -0.39 is 0 Å². The van der Waals surface area contributed by atoms with Crippen LogP contribution in [0.4, 0.5) is 5.82 Å². The summed E-state index contributed by atoms with van der Waals surface area (Å²) in [4.78, 5) is 10.7. The van der Waals surface area contributed by atoms with E-state index in [9.17, 15) is 0 Å². The maximum atomic E-state index is 8.88. The molecule has 0 bridgehead atoms. The van der Waals surface area contributed by atoms with Crippen molar-refractivity contribution < 1.29 is 4.74 Å². The molecule has 0 aromatic carbocycles. The number of ether oxygens (including phenoxy) is 1. The number of aryl methyl sites for hydroxylation is 1. The fourth-order valence-corrected chi connectivity index (χ4v) is 3.16. The number of nitrogens with one attached hydrogen (secondary N) is 1. The first kappa shape index (κ1) is 16.7. The molecule has 1 saturated heterocycles. The summed E-state index contributed by atoms with van der Waals surface area (Å²) in [6, 6.07) is 3.72. The minimum atomic E-state index is -0.0624. The van der Waals surface area contributed by atoms with Gasteiger partial charge < -0.3 is 14.6 Å². The summed E-state index contributed by atoms with van der Waals surface area (Å²) in [5.74, 6) is 0.552. The zero-order chi connectivity index (χ0) is 17.1. The van der Waals surface area contributed by atoms with Crippen LogP contribution in [0.2, 0.25) is 5.02 Å². The van der Waals surface area contributed by atoms with Crippen LogP contribution in [-0.2, 0) is 11.8 Å². The molecule has 3 heterocycles. The molecule has 2 aromatic heterocycles. The van der Waals surface area contributed by atoms with Gasteiger partial charge in [-0.2, -0.15) is 5.26 Å². The van der Waals surface area contributed by atoms with Crippen molar-refractivity contribution in [3.05, 3.63) is 41.1 Å². The molecule has 24 heavy (non-hydrogen) atoms. The van der Waals surface area contributed by atoms with E-state index in [4.69, 9.17) is 21.6 Å². The maximum Gasteiger partial charge on any atom is 0.144 e. The Bertz CT molecular complexity index is 755. The molecule has 0 radical (unpaired) electrons. The zero-order valence-corrected chi connectivity index (χ0v) is 14.4. The maximum absolute atomic E-state index is 8.88. The van der Waals surface area contributed by atoms with E-state index in [0.717, 1.165) is 12.2 Å². The van der Waals surface area contributed by atoms with Gasteiger partial charge in [0.05, 0.1) is 41.4 Å². The molecule has 0 aliphatic carbocycles. The van der Waals surface area contributed by atoms with Gasteiger partial charge in [0, 0.05) is 32.5 Å². The highest BCUT2D eigenvalue weighted by molar-refractivity contribution is 6.33. The van der Waals surface area contributed by atoms with Crippen LogP contribution in [-0.4, -0.2) is 52.3 Å². The number of halogens is 1. The van der Waals surface area contributed by atoms with Gasteiger partial charge in [-0.25, -0.2) is 9.97 Å². The van der Waals surface area contributed by atoms with Crippen LogP contribution in [0.3, 0.4) is 0 Å². The van der Waals surface area contributed by atoms with Crippen molar-refractivity contribution in [2.24, 2.45) is 7.05 Å². The average molecular weight is 347 g/mol. The molecule has 0 unspecified atom stereocenters. The number of likely N-dealkylation sites (N-methyl/N-ethyl adjacent to an activating group) is 1. The Morgan fingerprint density at radius 2 is 2.29 bits per heavy atom. The number of aromatic nitrogens is 3. The molecule has 2 aromatic rings. The van der Waals surface area contributed by atoms with Gasteiger partial charge in [0.15, 0.2) is 0 Å². The first-order valence-corrected chi connectivity index (χ1v) is 8.05. The van der Waals surface area contributed by atoms with Gasteiger partial charge in [-0.15, -0.1) is 0 Å². The fourth-order valence-electron chi connectivity index (χ4n) is 2.93. The van der Waals surface area contributed by atoms with Crippen molar-refractivity contribution in [3.8, 4) is 6.07 Å². The number of anilines is 1.